The Hall–Kier alpha value is -2.36. The van der Waals surface area contributed by atoms with Gasteiger partial charge in [-0.3, -0.25) is 9.78 Å². The van der Waals surface area contributed by atoms with E-state index in [0.717, 1.165) is 17.7 Å². The minimum atomic E-state index is -0.0439. The summed E-state index contributed by atoms with van der Waals surface area (Å²) in [6, 6.07) is 11.5. The van der Waals surface area contributed by atoms with Crippen LogP contribution in [0.3, 0.4) is 0 Å². The first-order valence-corrected chi connectivity index (χ1v) is 6.61. The molecule has 1 aromatic carbocycles. The molecular formula is C16H19N3O. The molecule has 1 N–H and O–H groups in total. The Morgan fingerprint density at radius 2 is 2.10 bits per heavy atom. The van der Waals surface area contributed by atoms with Gasteiger partial charge in [0.25, 0.3) is 5.91 Å². The van der Waals surface area contributed by atoms with Crippen molar-refractivity contribution in [2.24, 2.45) is 0 Å². The van der Waals surface area contributed by atoms with Crippen LogP contribution in [0.25, 0.3) is 0 Å². The third kappa shape index (κ3) is 3.82. The molecule has 1 aromatic heterocycles. The molecule has 4 nitrogen and oxygen atoms in total. The van der Waals surface area contributed by atoms with Gasteiger partial charge in [0.05, 0.1) is 0 Å². The van der Waals surface area contributed by atoms with E-state index in [1.807, 2.05) is 61.6 Å². The Kier molecular flexibility index (Phi) is 4.71. The van der Waals surface area contributed by atoms with Gasteiger partial charge in [-0.15, -0.1) is 0 Å². The van der Waals surface area contributed by atoms with E-state index in [2.05, 4.69) is 10.3 Å². The zero-order valence-corrected chi connectivity index (χ0v) is 11.8. The van der Waals surface area contributed by atoms with Gasteiger partial charge >= 0.3 is 0 Å². The molecule has 0 aliphatic carbocycles. The van der Waals surface area contributed by atoms with E-state index in [0.29, 0.717) is 12.1 Å². The number of carbonyl (C=O) groups is 1. The number of hydrogen-bond acceptors (Lipinski definition) is 3. The van der Waals surface area contributed by atoms with Crippen LogP contribution in [-0.2, 0) is 6.42 Å². The summed E-state index contributed by atoms with van der Waals surface area (Å²) in [4.78, 5) is 18.1. The molecule has 0 spiro atoms. The van der Waals surface area contributed by atoms with E-state index in [1.165, 1.54) is 0 Å². The topological polar surface area (TPSA) is 45.2 Å². The third-order valence-corrected chi connectivity index (χ3v) is 3.05. The van der Waals surface area contributed by atoms with Crippen LogP contribution in [0.1, 0.15) is 15.9 Å². The molecule has 0 fully saturated rings. The molecule has 2 aromatic rings. The average Bonchev–Trinajstić information content (AvgIpc) is 2.48. The zero-order chi connectivity index (χ0) is 14.4. The maximum Gasteiger partial charge on any atom is 0.251 e. The molecule has 4 heteroatoms. The normalized spacial score (nSPS) is 10.1. The molecular weight excluding hydrogens is 250 g/mol. The van der Waals surface area contributed by atoms with Crippen molar-refractivity contribution in [1.29, 1.82) is 0 Å². The van der Waals surface area contributed by atoms with E-state index in [4.69, 9.17) is 0 Å². The highest BCUT2D eigenvalue weighted by Gasteiger charge is 2.06. The van der Waals surface area contributed by atoms with Crippen LogP contribution in [0.4, 0.5) is 5.69 Å². The van der Waals surface area contributed by atoms with Crippen molar-refractivity contribution in [3.05, 3.63) is 59.9 Å². The molecule has 0 unspecified atom stereocenters. The number of rotatable bonds is 5. The van der Waals surface area contributed by atoms with Crippen molar-refractivity contribution in [3.8, 4) is 0 Å². The second kappa shape index (κ2) is 6.70. The lowest BCUT2D eigenvalue weighted by atomic mass is 10.1. The molecule has 104 valence electrons. The van der Waals surface area contributed by atoms with Crippen molar-refractivity contribution in [1.82, 2.24) is 10.3 Å². The number of nitrogens with one attached hydrogen (secondary N) is 1. The Balaban J connectivity index is 1.90. The fourth-order valence-corrected chi connectivity index (χ4v) is 1.89. The van der Waals surface area contributed by atoms with Crippen LogP contribution in [0, 0.1) is 0 Å². The van der Waals surface area contributed by atoms with Crippen LogP contribution in [0.5, 0.6) is 0 Å². The molecule has 0 bridgehead atoms. The number of anilines is 1. The smallest absolute Gasteiger partial charge is 0.251 e. The first-order chi connectivity index (χ1) is 9.66. The van der Waals surface area contributed by atoms with Crippen LogP contribution < -0.4 is 10.2 Å². The Morgan fingerprint density at radius 1 is 1.25 bits per heavy atom. The van der Waals surface area contributed by atoms with Crippen molar-refractivity contribution in [2.45, 2.75) is 6.42 Å². The van der Waals surface area contributed by atoms with Crippen molar-refractivity contribution in [3.63, 3.8) is 0 Å². The highest BCUT2D eigenvalue weighted by molar-refractivity contribution is 5.95. The number of carbonyl (C=O) groups excluding carboxylic acids is 1. The van der Waals surface area contributed by atoms with Gasteiger partial charge in [0.1, 0.15) is 0 Å². The number of pyridine rings is 1. The van der Waals surface area contributed by atoms with E-state index in [-0.39, 0.29) is 5.91 Å². The summed E-state index contributed by atoms with van der Waals surface area (Å²) < 4.78 is 0. The van der Waals surface area contributed by atoms with Crippen LogP contribution in [0.2, 0.25) is 0 Å². The van der Waals surface area contributed by atoms with Gasteiger partial charge in [0.15, 0.2) is 0 Å². The summed E-state index contributed by atoms with van der Waals surface area (Å²) >= 11 is 0. The largest absolute Gasteiger partial charge is 0.378 e. The Morgan fingerprint density at radius 3 is 2.80 bits per heavy atom. The first kappa shape index (κ1) is 14.1. The lowest BCUT2D eigenvalue weighted by Crippen LogP contribution is -2.26. The number of hydrogen-bond donors (Lipinski definition) is 1. The second-order valence-corrected chi connectivity index (χ2v) is 4.81. The monoisotopic (exact) mass is 269 g/mol. The van der Waals surface area contributed by atoms with E-state index >= 15 is 0 Å². The minimum absolute atomic E-state index is 0.0439. The quantitative estimate of drug-likeness (QED) is 0.904. The lowest BCUT2D eigenvalue weighted by Gasteiger charge is -2.13. The average molecular weight is 269 g/mol. The lowest BCUT2D eigenvalue weighted by molar-refractivity contribution is 0.0954. The van der Waals surface area contributed by atoms with Crippen LogP contribution >= 0.6 is 0 Å². The van der Waals surface area contributed by atoms with Gasteiger partial charge < -0.3 is 10.2 Å². The van der Waals surface area contributed by atoms with Crippen LogP contribution in [0.15, 0.2) is 48.8 Å². The molecule has 0 radical (unpaired) electrons. The highest BCUT2D eigenvalue weighted by atomic mass is 16.1. The molecule has 0 aliphatic rings. The van der Waals surface area contributed by atoms with E-state index in [1.54, 1.807) is 6.20 Å². The minimum Gasteiger partial charge on any atom is -0.378 e. The maximum atomic E-state index is 12.1. The van der Waals surface area contributed by atoms with Crippen LogP contribution in [-0.4, -0.2) is 31.5 Å². The number of benzene rings is 1. The van der Waals surface area contributed by atoms with Gasteiger partial charge in [-0.2, -0.15) is 0 Å². The third-order valence-electron chi connectivity index (χ3n) is 3.05. The number of nitrogens with zero attached hydrogens (tertiary/aromatic N) is 2. The van der Waals surface area contributed by atoms with Gasteiger partial charge in [-0.1, -0.05) is 12.1 Å². The van der Waals surface area contributed by atoms with E-state index < -0.39 is 0 Å². The predicted octanol–water partition coefficient (Wildman–Crippen LogP) is 2.12. The summed E-state index contributed by atoms with van der Waals surface area (Å²) in [5, 5.41) is 2.93. The molecule has 2 rings (SSSR count). The molecule has 1 amide bonds. The summed E-state index contributed by atoms with van der Waals surface area (Å²) in [6.07, 6.45) is 4.35. The highest BCUT2D eigenvalue weighted by Crippen LogP contribution is 2.13. The fourth-order valence-electron chi connectivity index (χ4n) is 1.89. The Bertz CT molecular complexity index is 567. The van der Waals surface area contributed by atoms with Gasteiger partial charge in [0.2, 0.25) is 0 Å². The molecule has 20 heavy (non-hydrogen) atoms. The summed E-state index contributed by atoms with van der Waals surface area (Å²) in [5.41, 5.74) is 2.82. The number of amides is 1. The van der Waals surface area contributed by atoms with E-state index in [9.17, 15) is 4.79 Å². The maximum absolute atomic E-state index is 12.1. The second-order valence-electron chi connectivity index (χ2n) is 4.81. The molecule has 0 saturated carbocycles. The fraction of sp³-hybridized carbons (Fsp3) is 0.250. The van der Waals surface area contributed by atoms with Gasteiger partial charge in [-0.05, 0) is 36.2 Å². The SMILES string of the molecule is CN(C)c1cccc(C(=O)NCCc2cccnc2)c1. The zero-order valence-electron chi connectivity index (χ0n) is 11.8. The summed E-state index contributed by atoms with van der Waals surface area (Å²) in [6.45, 7) is 0.608. The van der Waals surface area contributed by atoms with Gasteiger partial charge in [0, 0.05) is 44.3 Å². The molecule has 0 saturated heterocycles. The molecule has 0 aliphatic heterocycles. The van der Waals surface area contributed by atoms with Gasteiger partial charge in [-0.25, -0.2) is 0 Å². The van der Waals surface area contributed by atoms with Crippen molar-refractivity contribution >= 4 is 11.6 Å². The standard InChI is InChI=1S/C16H19N3O/c1-19(2)15-7-3-6-14(11-15)16(20)18-10-8-13-5-4-9-17-12-13/h3-7,9,11-12H,8,10H2,1-2H3,(H,18,20). The predicted molar refractivity (Wildman–Crippen MR) is 81.0 cm³/mol. The summed E-state index contributed by atoms with van der Waals surface area (Å²) in [5.74, 6) is -0.0439. The summed E-state index contributed by atoms with van der Waals surface area (Å²) in [7, 11) is 3.92. The first-order valence-electron chi connectivity index (χ1n) is 6.61. The van der Waals surface area contributed by atoms with Crippen molar-refractivity contribution in [2.75, 3.05) is 25.5 Å². The Labute approximate surface area is 119 Å². The van der Waals surface area contributed by atoms with Crippen molar-refractivity contribution < 1.29 is 4.79 Å². The molecule has 1 heterocycles. The molecule has 0 atom stereocenters. The number of aromatic nitrogens is 1.